The summed E-state index contributed by atoms with van der Waals surface area (Å²) < 4.78 is 26.0. The number of rotatable bonds is 6. The summed E-state index contributed by atoms with van der Waals surface area (Å²) in [4.78, 5) is 9.64. The maximum atomic E-state index is 11.9. The van der Waals surface area contributed by atoms with Crippen molar-refractivity contribution in [3.8, 4) is 0 Å². The standard InChI is InChI=1S/C9H10BrClN2O4S/c10-4-1-5-12-18(16,17)9-3-2-7(11)6-8(9)13(14)15/h2-3,6,12H,1,4-5H2. The van der Waals surface area contributed by atoms with Gasteiger partial charge in [0.2, 0.25) is 10.0 Å². The lowest BCUT2D eigenvalue weighted by Crippen LogP contribution is -2.25. The van der Waals surface area contributed by atoms with E-state index in [0.29, 0.717) is 11.8 Å². The predicted molar refractivity (Wildman–Crippen MR) is 71.7 cm³/mol. The Morgan fingerprint density at radius 1 is 1.44 bits per heavy atom. The molecule has 1 aromatic carbocycles. The van der Waals surface area contributed by atoms with E-state index in [0.717, 1.165) is 12.1 Å². The lowest BCUT2D eigenvalue weighted by molar-refractivity contribution is -0.387. The van der Waals surface area contributed by atoms with Crippen LogP contribution in [-0.4, -0.2) is 25.2 Å². The zero-order valence-corrected chi connectivity index (χ0v) is 12.3. The predicted octanol–water partition coefficient (Wildman–Crippen LogP) is 2.31. The number of nitro groups is 1. The minimum atomic E-state index is -3.90. The van der Waals surface area contributed by atoms with E-state index in [9.17, 15) is 18.5 Å². The third-order valence-electron chi connectivity index (χ3n) is 2.01. The molecule has 0 heterocycles. The Morgan fingerprint density at radius 3 is 2.67 bits per heavy atom. The molecule has 0 aliphatic carbocycles. The molecule has 100 valence electrons. The van der Waals surface area contributed by atoms with Gasteiger partial charge in [-0.15, -0.1) is 0 Å². The third kappa shape index (κ3) is 3.91. The number of hydrogen-bond acceptors (Lipinski definition) is 4. The number of nitrogens with one attached hydrogen (secondary N) is 1. The fraction of sp³-hybridized carbons (Fsp3) is 0.333. The number of nitro benzene ring substituents is 1. The molecule has 18 heavy (non-hydrogen) atoms. The second-order valence-electron chi connectivity index (χ2n) is 3.31. The van der Waals surface area contributed by atoms with Crippen LogP contribution >= 0.6 is 27.5 Å². The molecular weight excluding hydrogens is 348 g/mol. The molecule has 0 aliphatic heterocycles. The summed E-state index contributed by atoms with van der Waals surface area (Å²) >= 11 is 8.77. The van der Waals surface area contributed by atoms with Gasteiger partial charge in [-0.25, -0.2) is 13.1 Å². The average Bonchev–Trinajstić information content (AvgIpc) is 2.28. The Balaban J connectivity index is 3.12. The first-order valence-electron chi connectivity index (χ1n) is 4.88. The number of nitrogens with zero attached hydrogens (tertiary/aromatic N) is 1. The molecule has 0 amide bonds. The Kier molecular flexibility index (Phi) is 5.51. The number of sulfonamides is 1. The average molecular weight is 358 g/mol. The van der Waals surface area contributed by atoms with E-state index >= 15 is 0 Å². The Hall–Kier alpha value is -0.700. The minimum absolute atomic E-state index is 0.112. The van der Waals surface area contributed by atoms with Gasteiger partial charge in [-0.2, -0.15) is 0 Å². The quantitative estimate of drug-likeness (QED) is 0.366. The Labute approximate surface area is 118 Å². The summed E-state index contributed by atoms with van der Waals surface area (Å²) in [5, 5.41) is 11.5. The highest BCUT2D eigenvalue weighted by atomic mass is 79.9. The van der Waals surface area contributed by atoms with Crippen LogP contribution in [0.2, 0.25) is 5.02 Å². The van der Waals surface area contributed by atoms with Crippen LogP contribution in [-0.2, 0) is 10.0 Å². The van der Waals surface area contributed by atoms with Crippen molar-refractivity contribution in [2.75, 3.05) is 11.9 Å². The first-order valence-corrected chi connectivity index (χ1v) is 7.86. The van der Waals surface area contributed by atoms with Crippen molar-refractivity contribution in [3.05, 3.63) is 33.3 Å². The fourth-order valence-electron chi connectivity index (χ4n) is 1.21. The summed E-state index contributed by atoms with van der Waals surface area (Å²) in [5.74, 6) is 0. The van der Waals surface area contributed by atoms with Gasteiger partial charge in [0.1, 0.15) is 0 Å². The lowest BCUT2D eigenvalue weighted by atomic mass is 10.3. The second-order valence-corrected chi connectivity index (χ2v) is 6.27. The fourth-order valence-corrected chi connectivity index (χ4v) is 2.88. The summed E-state index contributed by atoms with van der Waals surface area (Å²) in [6, 6.07) is 3.44. The first kappa shape index (κ1) is 15.4. The molecule has 0 bridgehead atoms. The van der Waals surface area contributed by atoms with E-state index in [4.69, 9.17) is 11.6 Å². The molecule has 0 saturated heterocycles. The Morgan fingerprint density at radius 2 is 2.11 bits per heavy atom. The summed E-state index contributed by atoms with van der Waals surface area (Å²) in [6.45, 7) is 0.202. The van der Waals surface area contributed by atoms with Crippen molar-refractivity contribution in [1.82, 2.24) is 4.72 Å². The van der Waals surface area contributed by atoms with E-state index < -0.39 is 20.6 Å². The molecular formula is C9H10BrClN2O4S. The van der Waals surface area contributed by atoms with Gasteiger partial charge in [0.15, 0.2) is 4.90 Å². The topological polar surface area (TPSA) is 89.3 Å². The largest absolute Gasteiger partial charge is 0.290 e. The SMILES string of the molecule is O=[N+]([O-])c1cc(Cl)ccc1S(=O)(=O)NCCCBr. The van der Waals surface area contributed by atoms with Gasteiger partial charge in [-0.05, 0) is 18.6 Å². The second kappa shape index (κ2) is 6.46. The van der Waals surface area contributed by atoms with Crippen LogP contribution in [0.25, 0.3) is 0 Å². The van der Waals surface area contributed by atoms with E-state index in [1.165, 1.54) is 6.07 Å². The van der Waals surface area contributed by atoms with Crippen molar-refractivity contribution < 1.29 is 13.3 Å². The van der Waals surface area contributed by atoms with Crippen molar-refractivity contribution >= 4 is 43.2 Å². The van der Waals surface area contributed by atoms with Crippen molar-refractivity contribution in [3.63, 3.8) is 0 Å². The molecule has 0 spiro atoms. The van der Waals surface area contributed by atoms with Crippen LogP contribution in [0.1, 0.15) is 6.42 Å². The van der Waals surface area contributed by atoms with Crippen LogP contribution in [0.3, 0.4) is 0 Å². The highest BCUT2D eigenvalue weighted by Crippen LogP contribution is 2.26. The molecule has 6 nitrogen and oxygen atoms in total. The number of halogens is 2. The third-order valence-corrected chi connectivity index (χ3v) is 4.31. The molecule has 0 fully saturated rings. The minimum Gasteiger partial charge on any atom is -0.258 e. The monoisotopic (exact) mass is 356 g/mol. The van der Waals surface area contributed by atoms with Crippen molar-refractivity contribution in [2.45, 2.75) is 11.3 Å². The van der Waals surface area contributed by atoms with Gasteiger partial charge in [0.05, 0.1) is 4.92 Å². The van der Waals surface area contributed by atoms with Gasteiger partial charge < -0.3 is 0 Å². The van der Waals surface area contributed by atoms with E-state index in [1.807, 2.05) is 0 Å². The van der Waals surface area contributed by atoms with Crippen LogP contribution < -0.4 is 4.72 Å². The van der Waals surface area contributed by atoms with E-state index in [1.54, 1.807) is 0 Å². The number of alkyl halides is 1. The van der Waals surface area contributed by atoms with Gasteiger partial charge in [0, 0.05) is 23.0 Å². The maximum Gasteiger partial charge on any atom is 0.290 e. The zero-order valence-electron chi connectivity index (χ0n) is 9.10. The molecule has 1 rings (SSSR count). The normalized spacial score (nSPS) is 11.4. The van der Waals surface area contributed by atoms with Crippen LogP contribution in [0.15, 0.2) is 23.1 Å². The molecule has 0 aromatic heterocycles. The highest BCUT2D eigenvalue weighted by molar-refractivity contribution is 9.09. The van der Waals surface area contributed by atoms with Crippen LogP contribution in [0.4, 0.5) is 5.69 Å². The van der Waals surface area contributed by atoms with Crippen LogP contribution in [0.5, 0.6) is 0 Å². The molecule has 0 atom stereocenters. The van der Waals surface area contributed by atoms with E-state index in [2.05, 4.69) is 20.7 Å². The van der Waals surface area contributed by atoms with Crippen LogP contribution in [0, 0.1) is 10.1 Å². The molecule has 1 N–H and O–H groups in total. The summed E-state index contributed by atoms with van der Waals surface area (Å²) in [5.41, 5.74) is -0.533. The maximum absolute atomic E-state index is 11.9. The molecule has 0 aliphatic rings. The molecule has 9 heteroatoms. The van der Waals surface area contributed by atoms with Gasteiger partial charge in [0.25, 0.3) is 5.69 Å². The summed E-state index contributed by atoms with van der Waals surface area (Å²) in [7, 11) is -3.90. The zero-order chi connectivity index (χ0) is 13.8. The molecule has 0 saturated carbocycles. The van der Waals surface area contributed by atoms with Crippen molar-refractivity contribution in [1.29, 1.82) is 0 Å². The molecule has 1 aromatic rings. The Bertz CT molecular complexity index is 549. The number of hydrogen-bond donors (Lipinski definition) is 1. The highest BCUT2D eigenvalue weighted by Gasteiger charge is 2.25. The van der Waals surface area contributed by atoms with Gasteiger partial charge in [-0.1, -0.05) is 27.5 Å². The number of benzene rings is 1. The lowest BCUT2D eigenvalue weighted by Gasteiger charge is -2.06. The van der Waals surface area contributed by atoms with E-state index in [-0.39, 0.29) is 16.5 Å². The smallest absolute Gasteiger partial charge is 0.258 e. The molecule has 0 radical (unpaired) electrons. The first-order chi connectivity index (χ1) is 8.38. The van der Waals surface area contributed by atoms with Gasteiger partial charge >= 0.3 is 0 Å². The van der Waals surface area contributed by atoms with Crippen molar-refractivity contribution in [2.24, 2.45) is 0 Å². The molecule has 0 unspecified atom stereocenters. The van der Waals surface area contributed by atoms with Gasteiger partial charge in [-0.3, -0.25) is 10.1 Å². The summed E-state index contributed by atoms with van der Waals surface area (Å²) in [6.07, 6.45) is 0.584.